The molecule has 3 nitrogen and oxygen atoms in total. The van der Waals surface area contributed by atoms with E-state index in [-0.39, 0.29) is 5.91 Å². The van der Waals surface area contributed by atoms with Crippen molar-refractivity contribution >= 4 is 5.91 Å². The molecule has 1 aromatic carbocycles. The van der Waals surface area contributed by atoms with Crippen molar-refractivity contribution in [2.45, 2.75) is 38.1 Å². The van der Waals surface area contributed by atoms with E-state index in [2.05, 4.69) is 47.5 Å². The number of nitrogens with one attached hydrogen (secondary N) is 1. The van der Waals surface area contributed by atoms with Crippen LogP contribution in [0.4, 0.5) is 0 Å². The van der Waals surface area contributed by atoms with Crippen LogP contribution in [0.3, 0.4) is 0 Å². The normalized spacial score (nSPS) is 24.6. The number of likely N-dealkylation sites (tertiary alicyclic amines) is 1. The van der Waals surface area contributed by atoms with E-state index in [0.29, 0.717) is 18.5 Å². The summed E-state index contributed by atoms with van der Waals surface area (Å²) in [6.07, 6.45) is 3.72. The lowest BCUT2D eigenvalue weighted by Crippen LogP contribution is -2.41. The fourth-order valence-corrected chi connectivity index (χ4v) is 3.19. The molecule has 0 aromatic heterocycles. The quantitative estimate of drug-likeness (QED) is 0.892. The van der Waals surface area contributed by atoms with Crippen LogP contribution in [-0.4, -0.2) is 36.5 Å². The van der Waals surface area contributed by atoms with Crippen LogP contribution in [0.1, 0.15) is 37.7 Å². The standard InChI is InChI=1S/C17H24N2O/c1-13(14-7-8-14)18-17(20)12-19-10-9-16(11-19)15-5-3-2-4-6-15/h2-6,13-14,16H,7-12H2,1H3,(H,18,20)/t13-,16+/m1/s1. The Labute approximate surface area is 121 Å². The number of carbonyl (C=O) groups excluding carboxylic acids is 1. The Hall–Kier alpha value is -1.35. The van der Waals surface area contributed by atoms with Gasteiger partial charge in [-0.3, -0.25) is 9.69 Å². The third kappa shape index (κ3) is 3.40. The largest absolute Gasteiger partial charge is 0.352 e. The summed E-state index contributed by atoms with van der Waals surface area (Å²) in [4.78, 5) is 14.3. The lowest BCUT2D eigenvalue weighted by Gasteiger charge is -2.18. The van der Waals surface area contributed by atoms with E-state index in [9.17, 15) is 4.79 Å². The fraction of sp³-hybridized carbons (Fsp3) is 0.588. The van der Waals surface area contributed by atoms with Crippen LogP contribution in [0, 0.1) is 5.92 Å². The van der Waals surface area contributed by atoms with Crippen LogP contribution in [-0.2, 0) is 4.79 Å². The van der Waals surface area contributed by atoms with Crippen molar-refractivity contribution in [3.05, 3.63) is 35.9 Å². The Kier molecular flexibility index (Phi) is 4.06. The lowest BCUT2D eigenvalue weighted by atomic mass is 9.99. The van der Waals surface area contributed by atoms with E-state index in [0.717, 1.165) is 25.4 Å². The second-order valence-electron chi connectivity index (χ2n) is 6.33. The molecule has 1 aliphatic carbocycles. The van der Waals surface area contributed by atoms with Gasteiger partial charge < -0.3 is 5.32 Å². The van der Waals surface area contributed by atoms with Gasteiger partial charge in [-0.15, -0.1) is 0 Å². The summed E-state index contributed by atoms with van der Waals surface area (Å²) in [7, 11) is 0. The van der Waals surface area contributed by atoms with Crippen LogP contribution in [0.15, 0.2) is 30.3 Å². The second-order valence-corrected chi connectivity index (χ2v) is 6.33. The van der Waals surface area contributed by atoms with E-state index in [4.69, 9.17) is 0 Å². The highest BCUT2D eigenvalue weighted by Gasteiger charge is 2.30. The number of carbonyl (C=O) groups is 1. The summed E-state index contributed by atoms with van der Waals surface area (Å²) in [5.41, 5.74) is 1.40. The van der Waals surface area contributed by atoms with Crippen molar-refractivity contribution in [1.29, 1.82) is 0 Å². The first kappa shape index (κ1) is 13.6. The molecule has 3 heteroatoms. The molecule has 2 atom stereocenters. The molecule has 1 amide bonds. The maximum Gasteiger partial charge on any atom is 0.234 e. The summed E-state index contributed by atoms with van der Waals surface area (Å²) in [6.45, 7) is 4.73. The van der Waals surface area contributed by atoms with Crippen molar-refractivity contribution in [2.24, 2.45) is 5.92 Å². The van der Waals surface area contributed by atoms with Crippen LogP contribution < -0.4 is 5.32 Å². The molecule has 1 aliphatic heterocycles. The van der Waals surface area contributed by atoms with Gasteiger partial charge in [0.2, 0.25) is 5.91 Å². The molecule has 20 heavy (non-hydrogen) atoms. The molecule has 0 radical (unpaired) electrons. The second kappa shape index (κ2) is 5.96. The molecule has 0 unspecified atom stereocenters. The third-order valence-electron chi connectivity index (χ3n) is 4.63. The minimum atomic E-state index is 0.193. The van der Waals surface area contributed by atoms with Gasteiger partial charge in [-0.25, -0.2) is 0 Å². The Morgan fingerprint density at radius 3 is 2.75 bits per heavy atom. The molecule has 0 spiro atoms. The number of hydrogen-bond donors (Lipinski definition) is 1. The Morgan fingerprint density at radius 2 is 2.05 bits per heavy atom. The van der Waals surface area contributed by atoms with E-state index in [1.54, 1.807) is 0 Å². The molecule has 108 valence electrons. The predicted molar refractivity (Wildman–Crippen MR) is 80.6 cm³/mol. The maximum absolute atomic E-state index is 12.0. The van der Waals surface area contributed by atoms with Gasteiger partial charge in [0.05, 0.1) is 6.54 Å². The zero-order valence-electron chi connectivity index (χ0n) is 12.2. The number of amides is 1. The molecule has 1 heterocycles. The van der Waals surface area contributed by atoms with Gasteiger partial charge in [0.15, 0.2) is 0 Å². The number of rotatable bonds is 5. The van der Waals surface area contributed by atoms with E-state index < -0.39 is 0 Å². The third-order valence-corrected chi connectivity index (χ3v) is 4.63. The first-order chi connectivity index (χ1) is 9.72. The highest BCUT2D eigenvalue weighted by molar-refractivity contribution is 5.78. The average molecular weight is 272 g/mol. The molecule has 2 fully saturated rings. The van der Waals surface area contributed by atoms with Crippen molar-refractivity contribution in [1.82, 2.24) is 10.2 Å². The predicted octanol–water partition coefficient (Wildman–Crippen LogP) is 2.39. The minimum Gasteiger partial charge on any atom is -0.352 e. The number of nitrogens with zero attached hydrogens (tertiary/aromatic N) is 1. The van der Waals surface area contributed by atoms with Gasteiger partial charge in [0, 0.05) is 12.6 Å². The summed E-state index contributed by atoms with van der Waals surface area (Å²) in [6, 6.07) is 11.0. The summed E-state index contributed by atoms with van der Waals surface area (Å²) in [5, 5.41) is 3.14. The summed E-state index contributed by atoms with van der Waals surface area (Å²) in [5.74, 6) is 1.51. The lowest BCUT2D eigenvalue weighted by molar-refractivity contribution is -0.122. The SMILES string of the molecule is C[C@@H](NC(=O)CN1CC[C@H](c2ccccc2)C1)C1CC1. The monoisotopic (exact) mass is 272 g/mol. The zero-order valence-corrected chi connectivity index (χ0v) is 12.2. The van der Waals surface area contributed by atoms with Gasteiger partial charge in [0.25, 0.3) is 0 Å². The fourth-order valence-electron chi connectivity index (χ4n) is 3.19. The van der Waals surface area contributed by atoms with E-state index in [1.165, 1.54) is 18.4 Å². The van der Waals surface area contributed by atoms with Gasteiger partial charge >= 0.3 is 0 Å². The van der Waals surface area contributed by atoms with Crippen LogP contribution in [0.5, 0.6) is 0 Å². The Balaban J connectivity index is 1.46. The van der Waals surface area contributed by atoms with Crippen LogP contribution in [0.25, 0.3) is 0 Å². The number of benzene rings is 1. The van der Waals surface area contributed by atoms with Gasteiger partial charge in [-0.2, -0.15) is 0 Å². The summed E-state index contributed by atoms with van der Waals surface area (Å²) < 4.78 is 0. The van der Waals surface area contributed by atoms with Gasteiger partial charge in [-0.1, -0.05) is 30.3 Å². The van der Waals surface area contributed by atoms with Crippen LogP contribution >= 0.6 is 0 Å². The van der Waals surface area contributed by atoms with E-state index in [1.807, 2.05) is 0 Å². The first-order valence-electron chi connectivity index (χ1n) is 7.79. The maximum atomic E-state index is 12.0. The average Bonchev–Trinajstić information content (AvgIpc) is 3.21. The molecular formula is C17H24N2O. The number of hydrogen-bond acceptors (Lipinski definition) is 2. The highest BCUT2D eigenvalue weighted by Crippen LogP contribution is 2.32. The van der Waals surface area contributed by atoms with Crippen molar-refractivity contribution in [3.8, 4) is 0 Å². The van der Waals surface area contributed by atoms with Crippen molar-refractivity contribution < 1.29 is 4.79 Å². The molecule has 3 rings (SSSR count). The molecular weight excluding hydrogens is 248 g/mol. The Bertz CT molecular complexity index is 455. The molecule has 1 aromatic rings. The molecule has 1 saturated carbocycles. The van der Waals surface area contributed by atoms with E-state index >= 15 is 0 Å². The van der Waals surface area contributed by atoms with Gasteiger partial charge in [0.1, 0.15) is 0 Å². The van der Waals surface area contributed by atoms with Crippen LogP contribution in [0.2, 0.25) is 0 Å². The molecule has 0 bridgehead atoms. The minimum absolute atomic E-state index is 0.193. The zero-order chi connectivity index (χ0) is 13.9. The molecule has 1 N–H and O–H groups in total. The molecule has 1 saturated heterocycles. The smallest absolute Gasteiger partial charge is 0.234 e. The molecule has 2 aliphatic rings. The highest BCUT2D eigenvalue weighted by atomic mass is 16.2. The topological polar surface area (TPSA) is 32.3 Å². The van der Waals surface area contributed by atoms with Gasteiger partial charge in [-0.05, 0) is 50.1 Å². The van der Waals surface area contributed by atoms with Crippen molar-refractivity contribution in [3.63, 3.8) is 0 Å². The summed E-state index contributed by atoms with van der Waals surface area (Å²) >= 11 is 0. The first-order valence-corrected chi connectivity index (χ1v) is 7.79. The Morgan fingerprint density at radius 1 is 1.30 bits per heavy atom. The van der Waals surface area contributed by atoms with Crippen molar-refractivity contribution in [2.75, 3.05) is 19.6 Å².